The summed E-state index contributed by atoms with van der Waals surface area (Å²) >= 11 is 0. The topological polar surface area (TPSA) is 12.0 Å². The summed E-state index contributed by atoms with van der Waals surface area (Å²) < 4.78 is 13.0. The van der Waals surface area contributed by atoms with Crippen LogP contribution in [0.25, 0.3) is 0 Å². The minimum Gasteiger partial charge on any atom is -0.316 e. The molecule has 2 heteroatoms. The van der Waals surface area contributed by atoms with Crippen molar-refractivity contribution in [3.8, 4) is 0 Å². The van der Waals surface area contributed by atoms with Gasteiger partial charge in [-0.05, 0) is 67.5 Å². The van der Waals surface area contributed by atoms with Crippen LogP contribution in [-0.4, -0.2) is 13.1 Å². The fraction of sp³-hybridized carbons (Fsp3) is 0.368. The molecule has 1 N–H and O–H groups in total. The SMILES string of the molecule is CNC(Cc1ccc(F)cc1)C1CCCc2ccccc21. The lowest BCUT2D eigenvalue weighted by Crippen LogP contribution is -2.36. The van der Waals surface area contributed by atoms with Crippen molar-refractivity contribution in [2.45, 2.75) is 37.6 Å². The van der Waals surface area contributed by atoms with Crippen LogP contribution in [0.5, 0.6) is 0 Å². The zero-order valence-corrected chi connectivity index (χ0v) is 12.5. The maximum Gasteiger partial charge on any atom is 0.123 e. The van der Waals surface area contributed by atoms with Gasteiger partial charge in [0.15, 0.2) is 0 Å². The van der Waals surface area contributed by atoms with Crippen molar-refractivity contribution in [1.82, 2.24) is 5.32 Å². The predicted molar refractivity (Wildman–Crippen MR) is 85.1 cm³/mol. The summed E-state index contributed by atoms with van der Waals surface area (Å²) in [6, 6.07) is 16.1. The Hall–Kier alpha value is -1.67. The first kappa shape index (κ1) is 14.3. The largest absolute Gasteiger partial charge is 0.316 e. The molecule has 0 bridgehead atoms. The van der Waals surface area contributed by atoms with E-state index >= 15 is 0 Å². The minimum absolute atomic E-state index is 0.164. The highest BCUT2D eigenvalue weighted by Gasteiger charge is 2.26. The lowest BCUT2D eigenvalue weighted by Gasteiger charge is -2.32. The Kier molecular flexibility index (Phi) is 4.35. The number of hydrogen-bond acceptors (Lipinski definition) is 1. The van der Waals surface area contributed by atoms with E-state index in [1.54, 1.807) is 12.1 Å². The van der Waals surface area contributed by atoms with Crippen molar-refractivity contribution in [2.24, 2.45) is 0 Å². The lowest BCUT2D eigenvalue weighted by atomic mass is 9.77. The number of nitrogens with one attached hydrogen (secondary N) is 1. The maximum absolute atomic E-state index is 13.0. The molecule has 1 aliphatic rings. The second-order valence-corrected chi connectivity index (χ2v) is 5.92. The molecule has 2 atom stereocenters. The third kappa shape index (κ3) is 3.16. The molecule has 0 radical (unpaired) electrons. The number of aryl methyl sites for hydroxylation is 1. The molecule has 0 saturated carbocycles. The van der Waals surface area contributed by atoms with E-state index in [9.17, 15) is 4.39 Å². The Labute approximate surface area is 126 Å². The molecule has 0 spiro atoms. The van der Waals surface area contributed by atoms with Crippen molar-refractivity contribution in [3.05, 3.63) is 71.0 Å². The van der Waals surface area contributed by atoms with Crippen molar-refractivity contribution in [2.75, 3.05) is 7.05 Å². The highest BCUT2D eigenvalue weighted by molar-refractivity contribution is 5.34. The van der Waals surface area contributed by atoms with E-state index in [0.29, 0.717) is 12.0 Å². The molecule has 1 aliphatic carbocycles. The molecule has 3 rings (SSSR count). The normalized spacial score (nSPS) is 19.0. The standard InChI is InChI=1S/C19H22FN/c1-21-19(13-14-9-11-16(20)12-10-14)18-8-4-6-15-5-2-3-7-17(15)18/h2-3,5,7,9-12,18-19,21H,4,6,8,13H2,1H3. The Morgan fingerprint density at radius 3 is 2.67 bits per heavy atom. The summed E-state index contributed by atoms with van der Waals surface area (Å²) in [5.74, 6) is 0.382. The average molecular weight is 283 g/mol. The summed E-state index contributed by atoms with van der Waals surface area (Å²) in [6.07, 6.45) is 4.61. The third-order valence-corrected chi connectivity index (χ3v) is 4.64. The van der Waals surface area contributed by atoms with Gasteiger partial charge in [0.2, 0.25) is 0 Å². The van der Waals surface area contributed by atoms with Gasteiger partial charge in [0.1, 0.15) is 5.82 Å². The van der Waals surface area contributed by atoms with Crippen LogP contribution in [-0.2, 0) is 12.8 Å². The van der Waals surface area contributed by atoms with E-state index in [4.69, 9.17) is 0 Å². The predicted octanol–water partition coefficient (Wildman–Crippen LogP) is 4.08. The van der Waals surface area contributed by atoms with Crippen molar-refractivity contribution in [1.29, 1.82) is 0 Å². The van der Waals surface area contributed by atoms with Gasteiger partial charge in [-0.15, -0.1) is 0 Å². The quantitative estimate of drug-likeness (QED) is 0.891. The monoisotopic (exact) mass is 283 g/mol. The van der Waals surface area contributed by atoms with E-state index in [1.165, 1.54) is 36.0 Å². The summed E-state index contributed by atoms with van der Waals surface area (Å²) in [5.41, 5.74) is 4.18. The van der Waals surface area contributed by atoms with Gasteiger partial charge in [0, 0.05) is 6.04 Å². The maximum atomic E-state index is 13.0. The molecule has 0 fully saturated rings. The molecule has 0 amide bonds. The molecule has 0 saturated heterocycles. The number of hydrogen-bond donors (Lipinski definition) is 1. The fourth-order valence-electron chi connectivity index (χ4n) is 3.53. The highest BCUT2D eigenvalue weighted by atomic mass is 19.1. The van der Waals surface area contributed by atoms with Gasteiger partial charge >= 0.3 is 0 Å². The minimum atomic E-state index is -0.164. The van der Waals surface area contributed by atoms with Crippen molar-refractivity contribution in [3.63, 3.8) is 0 Å². The van der Waals surface area contributed by atoms with Crippen LogP contribution >= 0.6 is 0 Å². The third-order valence-electron chi connectivity index (χ3n) is 4.64. The van der Waals surface area contributed by atoms with Gasteiger partial charge in [-0.25, -0.2) is 4.39 Å². The molecular formula is C19H22FN. The smallest absolute Gasteiger partial charge is 0.123 e. The van der Waals surface area contributed by atoms with Crippen LogP contribution in [0.2, 0.25) is 0 Å². The van der Waals surface area contributed by atoms with Crippen LogP contribution < -0.4 is 5.32 Å². The molecule has 2 aromatic rings. The molecule has 0 aliphatic heterocycles. The number of fused-ring (bicyclic) bond motifs is 1. The van der Waals surface area contributed by atoms with Gasteiger partial charge in [-0.3, -0.25) is 0 Å². The summed E-state index contributed by atoms with van der Waals surface area (Å²) in [5, 5.41) is 3.48. The van der Waals surface area contributed by atoms with Crippen LogP contribution in [0.4, 0.5) is 4.39 Å². The second kappa shape index (κ2) is 6.40. The summed E-state index contributed by atoms with van der Waals surface area (Å²) in [4.78, 5) is 0. The average Bonchev–Trinajstić information content (AvgIpc) is 2.54. The number of benzene rings is 2. The highest BCUT2D eigenvalue weighted by Crippen LogP contribution is 2.34. The Bertz CT molecular complexity index is 591. The molecule has 1 nitrogen and oxygen atoms in total. The first-order valence-corrected chi connectivity index (χ1v) is 7.77. The van der Waals surface area contributed by atoms with E-state index in [0.717, 1.165) is 6.42 Å². The molecule has 110 valence electrons. The van der Waals surface area contributed by atoms with Crippen molar-refractivity contribution < 1.29 is 4.39 Å². The number of halogens is 1. The molecule has 2 unspecified atom stereocenters. The molecule has 21 heavy (non-hydrogen) atoms. The molecule has 2 aromatic carbocycles. The molecule has 0 aromatic heterocycles. The Balaban J connectivity index is 1.82. The van der Waals surface area contributed by atoms with Crippen LogP contribution in [0.3, 0.4) is 0 Å². The number of rotatable bonds is 4. The fourth-order valence-corrected chi connectivity index (χ4v) is 3.53. The zero-order valence-electron chi connectivity index (χ0n) is 12.5. The van der Waals surface area contributed by atoms with Crippen LogP contribution in [0.15, 0.2) is 48.5 Å². The van der Waals surface area contributed by atoms with Crippen LogP contribution in [0, 0.1) is 5.82 Å². The Morgan fingerprint density at radius 1 is 1.14 bits per heavy atom. The summed E-state index contributed by atoms with van der Waals surface area (Å²) in [7, 11) is 2.03. The van der Waals surface area contributed by atoms with E-state index in [-0.39, 0.29) is 5.82 Å². The van der Waals surface area contributed by atoms with E-state index in [2.05, 4.69) is 29.6 Å². The zero-order chi connectivity index (χ0) is 14.7. The molecule has 0 heterocycles. The van der Waals surface area contributed by atoms with Gasteiger partial charge < -0.3 is 5.32 Å². The van der Waals surface area contributed by atoms with E-state index < -0.39 is 0 Å². The Morgan fingerprint density at radius 2 is 1.90 bits per heavy atom. The van der Waals surface area contributed by atoms with Crippen LogP contribution in [0.1, 0.15) is 35.4 Å². The lowest BCUT2D eigenvalue weighted by molar-refractivity contribution is 0.411. The molecular weight excluding hydrogens is 261 g/mol. The summed E-state index contributed by atoms with van der Waals surface area (Å²) in [6.45, 7) is 0. The van der Waals surface area contributed by atoms with Crippen molar-refractivity contribution >= 4 is 0 Å². The van der Waals surface area contributed by atoms with Gasteiger partial charge in [0.25, 0.3) is 0 Å². The number of likely N-dealkylation sites (N-methyl/N-ethyl adjacent to an activating group) is 1. The first-order chi connectivity index (χ1) is 10.3. The van der Waals surface area contributed by atoms with Gasteiger partial charge in [0.05, 0.1) is 0 Å². The van der Waals surface area contributed by atoms with Gasteiger partial charge in [-0.1, -0.05) is 36.4 Å². The second-order valence-electron chi connectivity index (χ2n) is 5.92. The van der Waals surface area contributed by atoms with E-state index in [1.807, 2.05) is 19.2 Å². The van der Waals surface area contributed by atoms with Gasteiger partial charge in [-0.2, -0.15) is 0 Å². The first-order valence-electron chi connectivity index (χ1n) is 7.77.